The molecular formula is C108H197N12O21S6-5. The van der Waals surface area contributed by atoms with Crippen LogP contribution in [-0.4, -0.2) is 215 Å². The summed E-state index contributed by atoms with van der Waals surface area (Å²) in [6.07, 6.45) is 28.3. The molecule has 0 saturated heterocycles. The van der Waals surface area contributed by atoms with Crippen LogP contribution < -0.4 is 89.0 Å². The number of ether oxygens (including phenoxy) is 6. The minimum atomic E-state index is -3.22. The lowest BCUT2D eigenvalue weighted by Crippen LogP contribution is -2.39. The van der Waals surface area contributed by atoms with Crippen molar-refractivity contribution in [2.24, 2.45) is 28.7 Å². The van der Waals surface area contributed by atoms with Gasteiger partial charge in [0.2, 0.25) is 10.0 Å². The van der Waals surface area contributed by atoms with Crippen LogP contribution in [0.15, 0.2) is 133 Å². The Balaban J connectivity index is -0.000000517. The number of hydrogen-bond acceptors (Lipinski definition) is 32. The smallest absolute Gasteiger partial charge is 0.216 e. The minimum absolute atomic E-state index is 0.197. The van der Waals surface area contributed by atoms with Crippen molar-refractivity contribution in [2.45, 2.75) is 348 Å². The maximum Gasteiger partial charge on any atom is 0.216 e. The number of rotatable bonds is 57. The number of benzene rings is 6. The molecule has 5 unspecified atom stereocenters. The topological polar surface area (TPSA) is 565 Å². The Hall–Kier alpha value is -7.26. The van der Waals surface area contributed by atoms with E-state index in [9.17, 15) is 67.5 Å². The molecule has 0 heterocycles. The fourth-order valence-corrected chi connectivity index (χ4v) is 10.9. The fraction of sp³-hybridized carbons (Fsp3) is 0.667. The summed E-state index contributed by atoms with van der Waals surface area (Å²) < 4.78 is 156. The van der Waals surface area contributed by atoms with Crippen molar-refractivity contribution in [3.8, 4) is 46.0 Å². The van der Waals surface area contributed by atoms with E-state index >= 15 is 0 Å². The van der Waals surface area contributed by atoms with Gasteiger partial charge in [0, 0.05) is 135 Å². The Morgan fingerprint density at radius 3 is 0.891 bits per heavy atom. The Morgan fingerprint density at radius 1 is 0.299 bits per heavy atom. The number of unbranched alkanes of at least 4 members (excludes halogenated alkanes) is 16. The van der Waals surface area contributed by atoms with Crippen molar-refractivity contribution in [1.29, 1.82) is 0 Å². The normalized spacial score (nSPS) is 12.1. The molecule has 856 valence electrons. The van der Waals surface area contributed by atoms with E-state index in [1.165, 1.54) is 19.3 Å². The predicted octanol–water partition coefficient (Wildman–Crippen LogP) is 21.3. The summed E-state index contributed by atoms with van der Waals surface area (Å²) in [7, 11) is -1.61. The van der Waals surface area contributed by atoms with Crippen molar-refractivity contribution in [2.75, 3.05) is 151 Å². The van der Waals surface area contributed by atoms with Crippen LogP contribution in [0.2, 0.25) is 0 Å². The summed E-state index contributed by atoms with van der Waals surface area (Å²) in [6.45, 7) is 51.5. The highest BCUT2D eigenvalue weighted by Crippen LogP contribution is 2.31. The number of methoxy groups -OCH3 is 1. The average Bonchev–Trinajstić information content (AvgIpc) is 0.842. The van der Waals surface area contributed by atoms with Gasteiger partial charge in [-0.3, -0.25) is 21.0 Å². The third kappa shape index (κ3) is 92.2. The van der Waals surface area contributed by atoms with Crippen molar-refractivity contribution >= 4 is 99.5 Å². The van der Waals surface area contributed by atoms with Gasteiger partial charge >= 0.3 is 0 Å². The number of hydrogen-bond donors (Lipinski definition) is 15. The zero-order chi connectivity index (χ0) is 113. The Labute approximate surface area is 900 Å². The lowest BCUT2D eigenvalue weighted by atomic mass is 10.2. The number of aromatic hydroxyl groups is 3. The van der Waals surface area contributed by atoms with Crippen LogP contribution in [0, 0.1) is 0 Å². The number of nitrogens with two attached hydrogens (primary N) is 5. The SMILES string of the molecule is CC(C)(C)S(=O)[O-].CC(C)(C)S(=O)[O-].CC(C)(C)S(=O)[O-].CC(C)(C)S(=O)[O-].CC(C)(C)S(=O)[O-].CCCCOc1ccc(NCCCCCN)c(O)c1.CCCCOc1ccc(NCCCCCN)cc1O.CCCCOc1ccc(NCCCCCNS(=O)(=O)C(C)(C)C)cc1.CCCCOc1cccc(NCCCCCN)c1.COCOc1cccc(NCCCCCN)c1.NCCCCCNc1cccc(O)c1. The Morgan fingerprint density at radius 2 is 0.578 bits per heavy atom. The van der Waals surface area contributed by atoms with Crippen molar-refractivity contribution in [3.05, 3.63) is 133 Å². The molecule has 39 heteroatoms. The molecule has 0 radical (unpaired) electrons. The zero-order valence-electron chi connectivity index (χ0n) is 93.6. The van der Waals surface area contributed by atoms with Crippen molar-refractivity contribution in [1.82, 2.24) is 4.72 Å². The summed E-state index contributed by atoms with van der Waals surface area (Å²) >= 11 is -9.66. The third-order valence-electron chi connectivity index (χ3n) is 19.5. The molecule has 0 aliphatic rings. The van der Waals surface area contributed by atoms with Crippen LogP contribution in [0.1, 0.15) is 319 Å². The van der Waals surface area contributed by atoms with Crippen LogP contribution in [0.3, 0.4) is 0 Å². The first kappa shape index (κ1) is 148. The monoisotopic (exact) mass is 2190 g/mol. The summed E-state index contributed by atoms with van der Waals surface area (Å²) in [4.78, 5) is 0. The molecule has 0 aliphatic heterocycles. The Bertz CT molecular complexity index is 4250. The summed E-state index contributed by atoms with van der Waals surface area (Å²) in [5, 5.41) is 48.8. The molecule has 147 heavy (non-hydrogen) atoms. The van der Waals surface area contributed by atoms with Gasteiger partial charge < -0.3 is 127 Å². The number of nitrogens with one attached hydrogen (secondary N) is 7. The van der Waals surface area contributed by atoms with Gasteiger partial charge in [-0.25, -0.2) is 13.1 Å². The zero-order valence-corrected chi connectivity index (χ0v) is 98.5. The molecule has 0 spiro atoms. The van der Waals surface area contributed by atoms with E-state index in [-0.39, 0.29) is 18.3 Å². The molecule has 5 atom stereocenters. The Kier molecular flexibility index (Phi) is 92.1. The lowest BCUT2D eigenvalue weighted by molar-refractivity contribution is 0.0511. The van der Waals surface area contributed by atoms with Gasteiger partial charge in [0.25, 0.3) is 0 Å². The highest BCUT2D eigenvalue weighted by molar-refractivity contribution is 7.90. The van der Waals surface area contributed by atoms with E-state index < -0.39 is 93.9 Å². The van der Waals surface area contributed by atoms with Crippen LogP contribution in [0.5, 0.6) is 46.0 Å². The largest absolute Gasteiger partial charge is 0.772 e. The number of phenolic OH excluding ortho intramolecular Hbond substituents is 3. The first-order chi connectivity index (χ1) is 69.1. The minimum Gasteiger partial charge on any atom is -0.772 e. The molecule has 0 fully saturated rings. The van der Waals surface area contributed by atoms with E-state index in [1.54, 1.807) is 156 Å². The molecule has 6 aromatic rings. The maximum atomic E-state index is 11.9. The van der Waals surface area contributed by atoms with Crippen LogP contribution in [0.4, 0.5) is 34.1 Å². The van der Waals surface area contributed by atoms with E-state index in [4.69, 9.17) is 57.1 Å². The second-order valence-corrected chi connectivity index (χ2v) is 51.0. The van der Waals surface area contributed by atoms with Crippen molar-refractivity contribution < 1.29 is 96.0 Å². The molecule has 33 nitrogen and oxygen atoms in total. The van der Waals surface area contributed by atoms with Gasteiger partial charge in [0.1, 0.15) is 34.5 Å². The van der Waals surface area contributed by atoms with E-state index in [1.807, 2.05) is 97.1 Å². The van der Waals surface area contributed by atoms with Gasteiger partial charge in [0.05, 0.1) is 36.9 Å². The maximum absolute atomic E-state index is 11.9. The van der Waals surface area contributed by atoms with E-state index in [0.717, 1.165) is 290 Å². The summed E-state index contributed by atoms with van der Waals surface area (Å²) in [6, 6.07) is 42.1. The first-order valence-electron chi connectivity index (χ1n) is 51.9. The lowest BCUT2D eigenvalue weighted by Gasteiger charge is -2.20. The van der Waals surface area contributed by atoms with Crippen molar-refractivity contribution in [3.63, 3.8) is 0 Å². The van der Waals surface area contributed by atoms with Gasteiger partial charge in [-0.1, -0.05) is 110 Å². The van der Waals surface area contributed by atoms with E-state index in [2.05, 4.69) is 76.5 Å². The quantitative estimate of drug-likeness (QED) is 0.00730. The standard InChI is InChI=1S/C19H34N2O3S.2C15H26N2O2.C15H26N2O.C13H22N2O2.C11H18N2O.5C4H10O2S/c1-5-6-16-24-18-12-10-17(11-13-18)20-14-8-7-9-15-21-25(22,23)19(2,3)4;1-2-3-11-19-15-8-7-13(12-14(15)18)17-10-6-4-5-9-16;1-2-3-11-19-13-7-8-14(15(18)12-13)17-10-6-4-5-9-16;1-2-3-12-18-15-9-7-8-14(13-15)17-11-6-4-5-10-16;1-16-11-17-13-7-5-6-12(10-13)15-9-4-2-3-8-14;12-7-2-1-3-8-13-10-5-4-6-11(14)9-10;5*1-4(2,3)7(5)6/h10-13,20-21H,5-9,14-16H2,1-4H3;2*7-8,12,17-18H,2-6,9-11,16H2,1H3;7-9,13,17H,2-6,10-12,16H2,1H3;5-7,10,15H,2-4,8-9,11,14H2,1H3;4-6,9,13-14H,1-3,7-8,12H2;5*1-3H3,(H,5,6)/p-5. The highest BCUT2D eigenvalue weighted by Gasteiger charge is 2.28. The molecule has 0 amide bonds. The van der Waals surface area contributed by atoms with Gasteiger partial charge in [-0.15, -0.1) is 0 Å². The molecule has 0 aromatic heterocycles. The van der Waals surface area contributed by atoms with Gasteiger partial charge in [-0.05, 0) is 400 Å². The second-order valence-electron chi connectivity index (χ2n) is 40.0. The van der Waals surface area contributed by atoms with Gasteiger partial charge in [-0.2, -0.15) is 0 Å². The van der Waals surface area contributed by atoms with Crippen LogP contribution in [-0.2, 0) is 70.2 Å². The third-order valence-corrected chi connectivity index (χ3v) is 26.7. The van der Waals surface area contributed by atoms with Crippen LogP contribution in [0.25, 0.3) is 0 Å². The van der Waals surface area contributed by atoms with Crippen LogP contribution >= 0.6 is 0 Å². The molecule has 20 N–H and O–H groups in total. The molecule has 6 rings (SSSR count). The number of anilines is 6. The average molecular weight is 2190 g/mol. The summed E-state index contributed by atoms with van der Waals surface area (Å²) in [5.74, 6) is 4.70. The highest BCUT2D eigenvalue weighted by atomic mass is 32.2. The van der Waals surface area contributed by atoms with E-state index in [0.29, 0.717) is 31.3 Å². The molecule has 0 bridgehead atoms. The molecule has 0 saturated carbocycles. The molecule has 0 aliphatic carbocycles. The molecular weight excluding hydrogens is 1990 g/mol. The van der Waals surface area contributed by atoms with Gasteiger partial charge in [0.15, 0.2) is 18.3 Å². The second kappa shape index (κ2) is 91.4. The number of phenols is 3. The first-order valence-corrected chi connectivity index (χ1v) is 58.7. The fourth-order valence-electron chi connectivity index (χ4n) is 10.1. The molecule has 6 aromatic carbocycles. The number of sulfonamides is 1. The summed E-state index contributed by atoms with van der Waals surface area (Å²) in [5.41, 5.74) is 33.1. The predicted molar refractivity (Wildman–Crippen MR) is 617 cm³/mol.